The molecule has 1 atom stereocenters. The van der Waals surface area contributed by atoms with E-state index < -0.39 is 0 Å². The summed E-state index contributed by atoms with van der Waals surface area (Å²) in [7, 11) is 0. The summed E-state index contributed by atoms with van der Waals surface area (Å²) in [4.78, 5) is 4.97. The number of halogens is 1. The summed E-state index contributed by atoms with van der Waals surface area (Å²) in [5.74, 6) is 0.956. The Morgan fingerprint density at radius 3 is 2.27 bits per heavy atom. The van der Waals surface area contributed by atoms with E-state index in [0.29, 0.717) is 6.04 Å². The first-order valence-corrected chi connectivity index (χ1v) is 11.2. The highest BCUT2D eigenvalue weighted by atomic mass is 35.5. The Labute approximate surface area is 182 Å². The molecule has 7 heteroatoms. The Balaban J connectivity index is 1.43. The standard InChI is InChI=1S/C23H27ClN6/c24-19-12-10-18(11-13-19)22(23-25-26-27-30(23)21-8-4-5-9-21)29-16-14-28(15-17-29)20-6-2-1-3-7-20/h1-3,6-7,10-13,21-22H,4-5,8-9,14-17H2/t22-/m0/s1. The van der Waals surface area contributed by atoms with Gasteiger partial charge in [-0.2, -0.15) is 0 Å². The van der Waals surface area contributed by atoms with Gasteiger partial charge in [0.05, 0.1) is 12.1 Å². The van der Waals surface area contributed by atoms with Gasteiger partial charge in [-0.05, 0) is 53.1 Å². The van der Waals surface area contributed by atoms with Crippen LogP contribution < -0.4 is 4.90 Å². The van der Waals surface area contributed by atoms with E-state index in [-0.39, 0.29) is 6.04 Å². The molecule has 3 aromatic rings. The van der Waals surface area contributed by atoms with E-state index in [9.17, 15) is 0 Å². The van der Waals surface area contributed by atoms with Crippen LogP contribution in [0.3, 0.4) is 0 Å². The number of para-hydroxylation sites is 1. The van der Waals surface area contributed by atoms with Gasteiger partial charge in [-0.15, -0.1) is 5.10 Å². The van der Waals surface area contributed by atoms with Gasteiger partial charge in [0.1, 0.15) is 0 Å². The zero-order valence-electron chi connectivity index (χ0n) is 17.1. The van der Waals surface area contributed by atoms with E-state index >= 15 is 0 Å². The first kappa shape index (κ1) is 19.5. The number of rotatable bonds is 5. The number of tetrazole rings is 1. The van der Waals surface area contributed by atoms with Gasteiger partial charge in [0.25, 0.3) is 0 Å². The first-order chi connectivity index (χ1) is 14.8. The number of hydrogen-bond acceptors (Lipinski definition) is 5. The predicted octanol–water partition coefficient (Wildman–Crippen LogP) is 4.35. The molecule has 1 saturated heterocycles. The van der Waals surface area contributed by atoms with Crippen molar-refractivity contribution in [3.8, 4) is 0 Å². The number of piperazine rings is 1. The molecule has 2 aromatic carbocycles. The fraction of sp³-hybridized carbons (Fsp3) is 0.435. The van der Waals surface area contributed by atoms with Crippen LogP contribution in [0, 0.1) is 0 Å². The lowest BCUT2D eigenvalue weighted by Crippen LogP contribution is -2.48. The SMILES string of the molecule is Clc1ccc([C@@H](c2nnnn2C2CCCC2)N2CCN(c3ccccc3)CC2)cc1. The van der Waals surface area contributed by atoms with Gasteiger partial charge in [-0.1, -0.05) is 54.8 Å². The second kappa shape index (κ2) is 8.74. The van der Waals surface area contributed by atoms with Gasteiger partial charge in [0.15, 0.2) is 5.82 Å². The van der Waals surface area contributed by atoms with Crippen LogP contribution in [0.2, 0.25) is 5.02 Å². The molecular weight excluding hydrogens is 396 g/mol. The highest BCUT2D eigenvalue weighted by Crippen LogP contribution is 2.35. The van der Waals surface area contributed by atoms with E-state index in [1.807, 2.05) is 12.1 Å². The molecule has 156 valence electrons. The molecule has 0 spiro atoms. The van der Waals surface area contributed by atoms with Crippen LogP contribution in [0.1, 0.15) is 49.2 Å². The third kappa shape index (κ3) is 3.94. The molecule has 0 N–H and O–H groups in total. The summed E-state index contributed by atoms with van der Waals surface area (Å²) in [6.07, 6.45) is 4.83. The van der Waals surface area contributed by atoms with E-state index in [1.165, 1.54) is 24.1 Å². The lowest BCUT2D eigenvalue weighted by Gasteiger charge is -2.40. The van der Waals surface area contributed by atoms with Crippen molar-refractivity contribution in [3.63, 3.8) is 0 Å². The fourth-order valence-electron chi connectivity index (χ4n) is 4.83. The van der Waals surface area contributed by atoms with Crippen LogP contribution >= 0.6 is 11.6 Å². The quantitative estimate of drug-likeness (QED) is 0.611. The molecule has 1 aromatic heterocycles. The predicted molar refractivity (Wildman–Crippen MR) is 119 cm³/mol. The van der Waals surface area contributed by atoms with Crippen molar-refractivity contribution in [2.45, 2.75) is 37.8 Å². The van der Waals surface area contributed by atoms with E-state index in [1.54, 1.807) is 0 Å². The van der Waals surface area contributed by atoms with Gasteiger partial charge < -0.3 is 4.90 Å². The minimum Gasteiger partial charge on any atom is -0.369 e. The third-order valence-corrected chi connectivity index (χ3v) is 6.67. The minimum atomic E-state index is 0.0378. The summed E-state index contributed by atoms with van der Waals surface area (Å²) >= 11 is 6.18. The van der Waals surface area contributed by atoms with Gasteiger partial charge in [0.2, 0.25) is 0 Å². The van der Waals surface area contributed by atoms with Crippen molar-refractivity contribution in [2.75, 3.05) is 31.1 Å². The van der Waals surface area contributed by atoms with Crippen molar-refractivity contribution >= 4 is 17.3 Å². The Morgan fingerprint density at radius 2 is 1.57 bits per heavy atom. The molecule has 5 rings (SSSR count). The van der Waals surface area contributed by atoms with Crippen LogP contribution in [0.4, 0.5) is 5.69 Å². The first-order valence-electron chi connectivity index (χ1n) is 10.9. The number of aromatic nitrogens is 4. The number of hydrogen-bond donors (Lipinski definition) is 0. The second-order valence-electron chi connectivity index (χ2n) is 8.23. The maximum Gasteiger partial charge on any atom is 0.173 e. The Morgan fingerprint density at radius 1 is 0.867 bits per heavy atom. The lowest BCUT2D eigenvalue weighted by atomic mass is 10.0. The molecule has 0 amide bonds. The fourth-order valence-corrected chi connectivity index (χ4v) is 4.96. The number of benzene rings is 2. The average Bonchev–Trinajstić information content (AvgIpc) is 3.48. The molecule has 1 aliphatic heterocycles. The molecule has 6 nitrogen and oxygen atoms in total. The van der Waals surface area contributed by atoms with E-state index in [0.717, 1.165) is 49.9 Å². The Bertz CT molecular complexity index is 943. The van der Waals surface area contributed by atoms with Crippen molar-refractivity contribution in [1.82, 2.24) is 25.1 Å². The second-order valence-corrected chi connectivity index (χ2v) is 8.67. The minimum absolute atomic E-state index is 0.0378. The van der Waals surface area contributed by atoms with Crippen LogP contribution in [0.5, 0.6) is 0 Å². The van der Waals surface area contributed by atoms with Crippen molar-refractivity contribution in [3.05, 3.63) is 71.0 Å². The van der Waals surface area contributed by atoms with Gasteiger partial charge >= 0.3 is 0 Å². The lowest BCUT2D eigenvalue weighted by molar-refractivity contribution is 0.198. The molecule has 0 radical (unpaired) electrons. The molecule has 0 bridgehead atoms. The zero-order valence-corrected chi connectivity index (χ0v) is 17.8. The summed E-state index contributed by atoms with van der Waals surface area (Å²) in [5.41, 5.74) is 2.48. The third-order valence-electron chi connectivity index (χ3n) is 6.42. The molecule has 2 fully saturated rings. The van der Waals surface area contributed by atoms with Crippen molar-refractivity contribution in [2.24, 2.45) is 0 Å². The summed E-state index contributed by atoms with van der Waals surface area (Å²) in [5, 5.41) is 13.8. The maximum absolute atomic E-state index is 6.18. The van der Waals surface area contributed by atoms with Crippen LogP contribution in [-0.2, 0) is 0 Å². The van der Waals surface area contributed by atoms with Crippen molar-refractivity contribution in [1.29, 1.82) is 0 Å². The molecule has 30 heavy (non-hydrogen) atoms. The van der Waals surface area contributed by atoms with Crippen molar-refractivity contribution < 1.29 is 0 Å². The normalized spacial score (nSPS) is 19.3. The average molecular weight is 423 g/mol. The highest BCUT2D eigenvalue weighted by Gasteiger charge is 2.33. The topological polar surface area (TPSA) is 50.1 Å². The van der Waals surface area contributed by atoms with Gasteiger partial charge in [-0.3, -0.25) is 4.90 Å². The summed E-state index contributed by atoms with van der Waals surface area (Å²) in [6.45, 7) is 3.89. The van der Waals surface area contributed by atoms with E-state index in [2.05, 4.69) is 72.5 Å². The monoisotopic (exact) mass is 422 g/mol. The van der Waals surface area contributed by atoms with Gasteiger partial charge in [0, 0.05) is 36.9 Å². The molecule has 1 saturated carbocycles. The molecule has 0 unspecified atom stereocenters. The summed E-state index contributed by atoms with van der Waals surface area (Å²) in [6, 6.07) is 19.3. The smallest absolute Gasteiger partial charge is 0.173 e. The van der Waals surface area contributed by atoms with Crippen LogP contribution in [0.15, 0.2) is 54.6 Å². The Hall–Kier alpha value is -2.44. The maximum atomic E-state index is 6.18. The molecule has 2 aliphatic rings. The molecule has 2 heterocycles. The number of nitrogens with zero attached hydrogens (tertiary/aromatic N) is 6. The molecule has 1 aliphatic carbocycles. The summed E-state index contributed by atoms with van der Waals surface area (Å²) < 4.78 is 2.09. The van der Waals surface area contributed by atoms with Crippen LogP contribution in [0.25, 0.3) is 0 Å². The molecular formula is C23H27ClN6. The number of anilines is 1. The largest absolute Gasteiger partial charge is 0.369 e. The highest BCUT2D eigenvalue weighted by molar-refractivity contribution is 6.30. The zero-order chi connectivity index (χ0) is 20.3. The Kier molecular flexibility index (Phi) is 5.69. The van der Waals surface area contributed by atoms with E-state index in [4.69, 9.17) is 11.6 Å². The van der Waals surface area contributed by atoms with Gasteiger partial charge in [-0.25, -0.2) is 4.68 Å². The van der Waals surface area contributed by atoms with Crippen LogP contribution in [-0.4, -0.2) is 51.3 Å².